The van der Waals surface area contributed by atoms with Crippen LogP contribution in [0.1, 0.15) is 17.5 Å². The zero-order chi connectivity index (χ0) is 24.2. The molecule has 1 fully saturated rings. The number of aromatic nitrogens is 3. The summed E-state index contributed by atoms with van der Waals surface area (Å²) in [5.41, 5.74) is 5.65. The average molecular weight is 465 g/mol. The van der Waals surface area contributed by atoms with Crippen molar-refractivity contribution in [2.75, 3.05) is 24.1 Å². The number of carbonyl (C=O) groups excluding carboxylic acids is 1. The maximum absolute atomic E-state index is 14.9. The summed E-state index contributed by atoms with van der Waals surface area (Å²) >= 11 is 0. The molecule has 34 heavy (non-hydrogen) atoms. The molecule has 9 nitrogen and oxygen atoms in total. The van der Waals surface area contributed by atoms with E-state index >= 15 is 0 Å². The number of para-hydroxylation sites is 1. The first-order valence-electron chi connectivity index (χ1n) is 10.3. The van der Waals surface area contributed by atoms with Crippen LogP contribution in [0, 0.1) is 17.2 Å². The number of benzene rings is 1. The number of nitrogens with two attached hydrogens (primary N) is 1. The molecule has 0 spiro atoms. The van der Waals surface area contributed by atoms with Crippen LogP contribution in [0.3, 0.4) is 0 Å². The Labute approximate surface area is 193 Å². The monoisotopic (exact) mass is 465 g/mol. The fraction of sp³-hybridized carbons (Fsp3) is 0.174. The fourth-order valence-corrected chi connectivity index (χ4v) is 3.59. The summed E-state index contributed by atoms with van der Waals surface area (Å²) < 4.78 is 34.0. The lowest BCUT2D eigenvalue weighted by atomic mass is 10.0. The van der Waals surface area contributed by atoms with Crippen molar-refractivity contribution >= 4 is 23.3 Å². The van der Waals surface area contributed by atoms with Gasteiger partial charge in [-0.3, -0.25) is 10.2 Å². The van der Waals surface area contributed by atoms with Crippen LogP contribution < -0.4 is 15.8 Å². The van der Waals surface area contributed by atoms with E-state index in [-0.39, 0.29) is 52.1 Å². The molecule has 1 aromatic carbocycles. The van der Waals surface area contributed by atoms with E-state index < -0.39 is 11.8 Å². The summed E-state index contributed by atoms with van der Waals surface area (Å²) in [4.78, 5) is 25.3. The number of nitrogen functional groups attached to an aromatic ring is 1. The SMILES string of the molecule is C=CC(=O)N1CC[C@@H](Nc2ncnc(N)c2C(=N)c2ccc(Oc3ccccc3F)nc2F)C1. The normalized spacial score (nSPS) is 15.1. The van der Waals surface area contributed by atoms with Crippen LogP contribution in [0.5, 0.6) is 11.6 Å². The van der Waals surface area contributed by atoms with Crippen molar-refractivity contribution in [3.63, 3.8) is 0 Å². The van der Waals surface area contributed by atoms with Gasteiger partial charge in [-0.2, -0.15) is 9.37 Å². The Kier molecular flexibility index (Phi) is 6.44. The number of nitrogens with zero attached hydrogens (tertiary/aromatic N) is 4. The number of hydrogen-bond acceptors (Lipinski definition) is 8. The molecule has 0 aliphatic carbocycles. The summed E-state index contributed by atoms with van der Waals surface area (Å²) in [6.07, 6.45) is 3.13. The number of halogens is 2. The molecule has 11 heteroatoms. The van der Waals surface area contributed by atoms with Gasteiger partial charge in [0.15, 0.2) is 11.6 Å². The van der Waals surface area contributed by atoms with Gasteiger partial charge < -0.3 is 20.7 Å². The number of likely N-dealkylation sites (tertiary alicyclic amines) is 1. The van der Waals surface area contributed by atoms with Gasteiger partial charge in [-0.1, -0.05) is 18.7 Å². The third-order valence-corrected chi connectivity index (χ3v) is 5.29. The molecule has 1 aliphatic heterocycles. The first-order chi connectivity index (χ1) is 16.4. The summed E-state index contributed by atoms with van der Waals surface area (Å²) in [5.74, 6) is -1.86. The molecule has 0 unspecified atom stereocenters. The Morgan fingerprint density at radius 3 is 2.79 bits per heavy atom. The molecule has 0 radical (unpaired) electrons. The quantitative estimate of drug-likeness (QED) is 0.278. The highest BCUT2D eigenvalue weighted by Crippen LogP contribution is 2.27. The summed E-state index contributed by atoms with van der Waals surface area (Å²) in [6, 6.07) is 8.13. The van der Waals surface area contributed by atoms with Crippen molar-refractivity contribution in [2.24, 2.45) is 0 Å². The lowest BCUT2D eigenvalue weighted by Gasteiger charge is -2.18. The number of anilines is 2. The maximum atomic E-state index is 14.9. The van der Waals surface area contributed by atoms with Crippen molar-refractivity contribution in [1.82, 2.24) is 19.9 Å². The topological polar surface area (TPSA) is 130 Å². The minimum Gasteiger partial charge on any atom is -0.436 e. The molecular weight excluding hydrogens is 444 g/mol. The van der Waals surface area contributed by atoms with Gasteiger partial charge in [-0.25, -0.2) is 14.4 Å². The highest BCUT2D eigenvalue weighted by atomic mass is 19.1. The van der Waals surface area contributed by atoms with Crippen molar-refractivity contribution in [3.8, 4) is 11.6 Å². The maximum Gasteiger partial charge on any atom is 0.246 e. The van der Waals surface area contributed by atoms with Crippen LogP contribution in [0.15, 0.2) is 55.4 Å². The van der Waals surface area contributed by atoms with Crippen LogP contribution in [-0.4, -0.2) is 50.6 Å². The molecule has 2 aromatic heterocycles. The second-order valence-electron chi connectivity index (χ2n) is 7.50. The summed E-state index contributed by atoms with van der Waals surface area (Å²) in [7, 11) is 0. The van der Waals surface area contributed by atoms with Gasteiger partial charge in [0.2, 0.25) is 17.7 Å². The highest BCUT2D eigenvalue weighted by Gasteiger charge is 2.27. The smallest absolute Gasteiger partial charge is 0.246 e. The molecule has 4 N–H and O–H groups in total. The predicted molar refractivity (Wildman–Crippen MR) is 122 cm³/mol. The molecule has 4 rings (SSSR count). The zero-order valence-electron chi connectivity index (χ0n) is 18.0. The second kappa shape index (κ2) is 9.61. The van der Waals surface area contributed by atoms with Crippen LogP contribution >= 0.6 is 0 Å². The van der Waals surface area contributed by atoms with Crippen LogP contribution in [0.4, 0.5) is 20.4 Å². The molecule has 0 saturated carbocycles. The minimum atomic E-state index is -1.00. The number of pyridine rings is 1. The van der Waals surface area contributed by atoms with Gasteiger partial charge in [0.25, 0.3) is 0 Å². The summed E-state index contributed by atoms with van der Waals surface area (Å²) in [6.45, 7) is 4.45. The standard InChI is InChI=1S/C23H21F2N7O2/c1-2-18(33)32-10-9-13(11-32)30-23-19(22(27)28-12-29-23)20(26)14-7-8-17(31-21(14)25)34-16-6-4-3-5-15(16)24/h2-8,12-13,26H,1,9-11H2,(H3,27,28,29,30)/t13-/m1/s1. The van der Waals surface area contributed by atoms with E-state index in [1.807, 2.05) is 0 Å². The molecule has 1 atom stereocenters. The molecule has 1 amide bonds. The zero-order valence-corrected chi connectivity index (χ0v) is 18.0. The Hall–Kier alpha value is -4.41. The van der Waals surface area contributed by atoms with E-state index in [1.54, 1.807) is 11.0 Å². The van der Waals surface area contributed by atoms with E-state index in [2.05, 4.69) is 26.8 Å². The molecular formula is C23H21F2N7O2. The van der Waals surface area contributed by atoms with Crippen LogP contribution in [0.2, 0.25) is 0 Å². The van der Waals surface area contributed by atoms with Gasteiger partial charge >= 0.3 is 0 Å². The molecule has 1 saturated heterocycles. The molecule has 1 aliphatic rings. The third-order valence-electron chi connectivity index (χ3n) is 5.29. The summed E-state index contributed by atoms with van der Waals surface area (Å²) in [5, 5.41) is 11.7. The Morgan fingerprint density at radius 1 is 1.26 bits per heavy atom. The van der Waals surface area contributed by atoms with E-state index in [0.717, 1.165) is 0 Å². The first kappa shape index (κ1) is 22.8. The lowest BCUT2D eigenvalue weighted by molar-refractivity contribution is -0.125. The average Bonchev–Trinajstić information content (AvgIpc) is 3.28. The molecule has 174 valence electrons. The molecule has 3 heterocycles. The Bertz CT molecular complexity index is 1270. The minimum absolute atomic E-state index is 0.0226. The van der Waals surface area contributed by atoms with Crippen LogP contribution in [-0.2, 0) is 4.79 Å². The van der Waals surface area contributed by atoms with E-state index in [1.165, 1.54) is 42.7 Å². The first-order valence-corrected chi connectivity index (χ1v) is 10.3. The van der Waals surface area contributed by atoms with Crippen molar-refractivity contribution in [1.29, 1.82) is 5.41 Å². The molecule has 0 bridgehead atoms. The molecule has 3 aromatic rings. The Morgan fingerprint density at radius 2 is 2.06 bits per heavy atom. The van der Waals surface area contributed by atoms with E-state index in [0.29, 0.717) is 19.5 Å². The third kappa shape index (κ3) is 4.68. The predicted octanol–water partition coefficient (Wildman–Crippen LogP) is 3.14. The van der Waals surface area contributed by atoms with Gasteiger partial charge in [-0.15, -0.1) is 0 Å². The highest BCUT2D eigenvalue weighted by molar-refractivity contribution is 6.16. The fourth-order valence-electron chi connectivity index (χ4n) is 3.59. The Balaban J connectivity index is 1.57. The van der Waals surface area contributed by atoms with Gasteiger partial charge in [0.1, 0.15) is 18.0 Å². The number of carbonyl (C=O) groups is 1. The number of amides is 1. The van der Waals surface area contributed by atoms with Crippen LogP contribution in [0.25, 0.3) is 0 Å². The van der Waals surface area contributed by atoms with E-state index in [4.69, 9.17) is 15.9 Å². The van der Waals surface area contributed by atoms with Crippen molar-refractivity contribution in [2.45, 2.75) is 12.5 Å². The number of nitrogens with one attached hydrogen (secondary N) is 2. The van der Waals surface area contributed by atoms with Gasteiger partial charge in [-0.05, 0) is 30.7 Å². The largest absolute Gasteiger partial charge is 0.436 e. The number of ether oxygens (including phenoxy) is 1. The van der Waals surface area contributed by atoms with Crippen molar-refractivity contribution in [3.05, 3.63) is 78.3 Å². The van der Waals surface area contributed by atoms with E-state index in [9.17, 15) is 13.6 Å². The second-order valence-corrected chi connectivity index (χ2v) is 7.50. The van der Waals surface area contributed by atoms with Crippen molar-refractivity contribution < 1.29 is 18.3 Å². The number of rotatable bonds is 7. The van der Waals surface area contributed by atoms with Gasteiger partial charge in [0, 0.05) is 25.2 Å². The number of hydrogen-bond donors (Lipinski definition) is 3. The van der Waals surface area contributed by atoms with Gasteiger partial charge in [0.05, 0.1) is 16.8 Å². The lowest BCUT2D eigenvalue weighted by Crippen LogP contribution is -2.31.